The van der Waals surface area contributed by atoms with Gasteiger partial charge in [0.2, 0.25) is 11.8 Å². The molecular weight excluding hydrogens is 448 g/mol. The van der Waals surface area contributed by atoms with E-state index in [1.54, 1.807) is 17.4 Å². The maximum atomic E-state index is 10.2. The lowest BCUT2D eigenvalue weighted by Gasteiger charge is -2.33. The second kappa shape index (κ2) is 10.0. The topological polar surface area (TPSA) is 93.5 Å². The Morgan fingerprint density at radius 3 is 2.85 bits per heavy atom. The molecule has 2 aliphatic rings. The SMILES string of the molecule is CNCc1cnc(N2C=C(CN3CCCC(c4nc(O)cc(-c5cccs5)n4)C3)N(C)C2)nc1. The van der Waals surface area contributed by atoms with Crippen LogP contribution in [-0.2, 0) is 6.54 Å². The van der Waals surface area contributed by atoms with Gasteiger partial charge >= 0.3 is 0 Å². The van der Waals surface area contributed by atoms with Crippen molar-refractivity contribution >= 4 is 17.3 Å². The summed E-state index contributed by atoms with van der Waals surface area (Å²) in [6, 6.07) is 5.67. The zero-order valence-electron chi connectivity index (χ0n) is 19.6. The fraction of sp³-hybridized carbons (Fsp3) is 0.417. The summed E-state index contributed by atoms with van der Waals surface area (Å²) in [5.41, 5.74) is 3.10. The van der Waals surface area contributed by atoms with Crippen LogP contribution in [0.1, 0.15) is 30.1 Å². The van der Waals surface area contributed by atoms with E-state index in [2.05, 4.69) is 48.2 Å². The van der Waals surface area contributed by atoms with Crippen LogP contribution in [0.25, 0.3) is 10.6 Å². The molecule has 1 unspecified atom stereocenters. The number of rotatable bonds is 7. The van der Waals surface area contributed by atoms with Crippen LogP contribution >= 0.6 is 11.3 Å². The summed E-state index contributed by atoms with van der Waals surface area (Å²) in [7, 11) is 4.02. The van der Waals surface area contributed by atoms with Gasteiger partial charge in [0, 0.05) is 68.5 Å². The van der Waals surface area contributed by atoms with Crippen LogP contribution < -0.4 is 10.2 Å². The van der Waals surface area contributed by atoms with E-state index in [9.17, 15) is 5.11 Å². The third kappa shape index (κ3) is 5.03. The maximum Gasteiger partial charge on any atom is 0.230 e. The second-order valence-corrected chi connectivity index (χ2v) is 9.82. The summed E-state index contributed by atoms with van der Waals surface area (Å²) in [5, 5.41) is 15.4. The Hall–Kier alpha value is -3.08. The van der Waals surface area contributed by atoms with Gasteiger partial charge in [0.1, 0.15) is 5.82 Å². The van der Waals surface area contributed by atoms with Gasteiger partial charge in [-0.3, -0.25) is 9.80 Å². The van der Waals surface area contributed by atoms with Crippen molar-refractivity contribution in [2.24, 2.45) is 0 Å². The third-order valence-electron chi connectivity index (χ3n) is 6.25. The average molecular weight is 479 g/mol. The Bertz CT molecular complexity index is 1130. The molecule has 3 aromatic heterocycles. The van der Waals surface area contributed by atoms with Crippen LogP contribution in [0, 0.1) is 0 Å². The lowest BCUT2D eigenvalue weighted by atomic mass is 9.97. The molecular formula is C24H30N8OS. The predicted octanol–water partition coefficient (Wildman–Crippen LogP) is 2.85. The lowest BCUT2D eigenvalue weighted by molar-refractivity contribution is 0.206. The normalized spacial score (nSPS) is 19.0. The number of nitrogens with zero attached hydrogens (tertiary/aromatic N) is 7. The molecule has 0 amide bonds. The second-order valence-electron chi connectivity index (χ2n) is 8.87. The zero-order chi connectivity index (χ0) is 23.5. The van der Waals surface area contributed by atoms with E-state index in [-0.39, 0.29) is 11.8 Å². The summed E-state index contributed by atoms with van der Waals surface area (Å²) in [6.07, 6.45) is 8.00. The number of hydrogen-bond acceptors (Lipinski definition) is 10. The molecule has 1 atom stereocenters. The number of nitrogens with one attached hydrogen (secondary N) is 1. The number of aromatic hydroxyl groups is 1. The lowest BCUT2D eigenvalue weighted by Crippen LogP contribution is -2.38. The van der Waals surface area contributed by atoms with E-state index in [1.807, 2.05) is 37.0 Å². The van der Waals surface area contributed by atoms with Crippen molar-refractivity contribution in [3.63, 3.8) is 0 Å². The fourth-order valence-electron chi connectivity index (χ4n) is 4.54. The van der Waals surface area contributed by atoms with Gasteiger partial charge in [0.15, 0.2) is 0 Å². The van der Waals surface area contributed by atoms with Gasteiger partial charge in [-0.15, -0.1) is 11.3 Å². The Labute approximate surface area is 203 Å². The molecule has 178 valence electrons. The van der Waals surface area contributed by atoms with Gasteiger partial charge in [0.25, 0.3) is 0 Å². The number of piperidine rings is 1. The first-order valence-electron chi connectivity index (χ1n) is 11.6. The minimum absolute atomic E-state index is 0.0418. The molecule has 9 nitrogen and oxygen atoms in total. The van der Waals surface area contributed by atoms with Gasteiger partial charge in [-0.2, -0.15) is 4.98 Å². The zero-order valence-corrected chi connectivity index (χ0v) is 20.4. The number of likely N-dealkylation sites (tertiary alicyclic amines) is 1. The quantitative estimate of drug-likeness (QED) is 0.532. The van der Waals surface area contributed by atoms with E-state index in [0.717, 1.165) is 67.6 Å². The van der Waals surface area contributed by atoms with Crippen LogP contribution in [0.2, 0.25) is 0 Å². The first-order chi connectivity index (χ1) is 16.6. The predicted molar refractivity (Wildman–Crippen MR) is 133 cm³/mol. The molecule has 1 saturated heterocycles. The van der Waals surface area contributed by atoms with Crippen molar-refractivity contribution in [1.29, 1.82) is 0 Å². The Morgan fingerprint density at radius 1 is 1.24 bits per heavy atom. The standard InChI is InChI=1S/C24H30N8OS/c1-25-10-17-11-26-24(27-12-17)32-15-19(30(2)16-32)14-31-7-3-5-18(13-31)23-28-20(9-22(33)29-23)21-6-4-8-34-21/h4,6,8-9,11-12,15,18,25H,3,5,7,10,13-14,16H2,1-2H3,(H,28,29,33). The summed E-state index contributed by atoms with van der Waals surface area (Å²) in [4.78, 5) is 26.1. The van der Waals surface area contributed by atoms with Gasteiger partial charge < -0.3 is 15.3 Å². The summed E-state index contributed by atoms with van der Waals surface area (Å²) >= 11 is 1.62. The minimum atomic E-state index is 0.0418. The number of thiophene rings is 1. The van der Waals surface area contributed by atoms with Crippen LogP contribution in [0.4, 0.5) is 5.95 Å². The highest BCUT2D eigenvalue weighted by atomic mass is 32.1. The first kappa shape index (κ1) is 22.7. The molecule has 1 fully saturated rings. The van der Waals surface area contributed by atoms with Crippen LogP contribution in [0.5, 0.6) is 5.88 Å². The molecule has 0 radical (unpaired) electrons. The number of hydrogen-bond donors (Lipinski definition) is 2. The molecule has 0 spiro atoms. The van der Waals surface area contributed by atoms with Crippen molar-refractivity contribution in [2.75, 3.05) is 45.3 Å². The molecule has 10 heteroatoms. The largest absolute Gasteiger partial charge is 0.493 e. The molecule has 5 rings (SSSR count). The number of likely N-dealkylation sites (N-methyl/N-ethyl adjacent to an activating group) is 1. The monoisotopic (exact) mass is 478 g/mol. The fourth-order valence-corrected chi connectivity index (χ4v) is 5.22. The summed E-state index contributed by atoms with van der Waals surface area (Å²) < 4.78 is 0. The highest BCUT2D eigenvalue weighted by Crippen LogP contribution is 2.31. The first-order valence-corrected chi connectivity index (χ1v) is 12.4. The molecule has 0 aromatic carbocycles. The maximum absolute atomic E-state index is 10.2. The van der Waals surface area contributed by atoms with E-state index in [0.29, 0.717) is 5.95 Å². The Balaban J connectivity index is 1.27. The van der Waals surface area contributed by atoms with Crippen molar-refractivity contribution < 1.29 is 5.11 Å². The van der Waals surface area contributed by atoms with Crippen molar-refractivity contribution in [1.82, 2.24) is 35.1 Å². The molecule has 2 N–H and O–H groups in total. The summed E-state index contributed by atoms with van der Waals surface area (Å²) in [6.45, 7) is 4.24. The van der Waals surface area contributed by atoms with Gasteiger partial charge in [0.05, 0.1) is 17.2 Å². The smallest absolute Gasteiger partial charge is 0.230 e. The minimum Gasteiger partial charge on any atom is -0.493 e. The summed E-state index contributed by atoms with van der Waals surface area (Å²) in [5.74, 6) is 1.69. The van der Waals surface area contributed by atoms with Crippen molar-refractivity contribution in [3.8, 4) is 16.5 Å². The van der Waals surface area contributed by atoms with Gasteiger partial charge in [-0.25, -0.2) is 15.0 Å². The molecule has 0 aliphatic carbocycles. The van der Waals surface area contributed by atoms with Crippen LogP contribution in [-0.4, -0.2) is 75.2 Å². The molecule has 34 heavy (non-hydrogen) atoms. The highest BCUT2D eigenvalue weighted by Gasteiger charge is 2.28. The van der Waals surface area contributed by atoms with Gasteiger partial charge in [-0.1, -0.05) is 6.07 Å². The van der Waals surface area contributed by atoms with Crippen molar-refractivity contribution in [2.45, 2.75) is 25.3 Å². The molecule has 2 aliphatic heterocycles. The Morgan fingerprint density at radius 2 is 2.09 bits per heavy atom. The molecule has 0 saturated carbocycles. The van der Waals surface area contributed by atoms with E-state index in [1.165, 1.54) is 5.70 Å². The van der Waals surface area contributed by atoms with Crippen LogP contribution in [0.15, 0.2) is 47.9 Å². The number of aromatic nitrogens is 4. The van der Waals surface area contributed by atoms with Gasteiger partial charge in [-0.05, 0) is 37.9 Å². The molecule has 0 bridgehead atoms. The highest BCUT2D eigenvalue weighted by molar-refractivity contribution is 7.13. The van der Waals surface area contributed by atoms with E-state index in [4.69, 9.17) is 4.98 Å². The third-order valence-corrected chi connectivity index (χ3v) is 7.14. The molecule has 3 aromatic rings. The van der Waals surface area contributed by atoms with E-state index < -0.39 is 0 Å². The Kier molecular flexibility index (Phi) is 6.70. The van der Waals surface area contributed by atoms with Crippen LogP contribution in [0.3, 0.4) is 0 Å². The average Bonchev–Trinajstić information content (AvgIpc) is 3.50. The van der Waals surface area contributed by atoms with E-state index >= 15 is 0 Å². The molecule has 5 heterocycles. The number of anilines is 1. The van der Waals surface area contributed by atoms with Crippen molar-refractivity contribution in [3.05, 3.63) is 59.3 Å².